The molecule has 1 aromatic rings. The Labute approximate surface area is 149 Å². The summed E-state index contributed by atoms with van der Waals surface area (Å²) in [4.78, 5) is 21.1. The average Bonchev–Trinajstić information content (AvgIpc) is 3.06. The van der Waals surface area contributed by atoms with Crippen LogP contribution in [0, 0.1) is 5.92 Å². The normalized spacial score (nSPS) is 21.8. The van der Waals surface area contributed by atoms with Crippen LogP contribution in [0.25, 0.3) is 0 Å². The van der Waals surface area contributed by atoms with E-state index < -0.39 is 0 Å². The maximum absolute atomic E-state index is 11.9. The van der Waals surface area contributed by atoms with E-state index in [0.717, 1.165) is 63.6 Å². The lowest BCUT2D eigenvalue weighted by Gasteiger charge is -2.21. The molecule has 0 saturated carbocycles. The summed E-state index contributed by atoms with van der Waals surface area (Å²) in [5.74, 6) is 1.46. The zero-order chi connectivity index (χ0) is 17.5. The number of pyridine rings is 1. The van der Waals surface area contributed by atoms with Gasteiger partial charge in [0.2, 0.25) is 0 Å². The summed E-state index contributed by atoms with van der Waals surface area (Å²) >= 11 is 0. The van der Waals surface area contributed by atoms with Crippen LogP contribution in [0.2, 0.25) is 0 Å². The van der Waals surface area contributed by atoms with Crippen LogP contribution in [-0.4, -0.2) is 68.9 Å². The van der Waals surface area contributed by atoms with Gasteiger partial charge in [0.25, 0.3) is 0 Å². The number of carbonyl (C=O) groups is 1. The summed E-state index contributed by atoms with van der Waals surface area (Å²) in [6, 6.07) is 3.96. The third-order valence-corrected chi connectivity index (χ3v) is 4.88. The summed E-state index contributed by atoms with van der Waals surface area (Å²) < 4.78 is 5.31. The van der Waals surface area contributed by atoms with E-state index in [1.807, 2.05) is 12.3 Å². The Kier molecular flexibility index (Phi) is 6.47. The number of likely N-dealkylation sites (N-methyl/N-ethyl adjacent to an activating group) is 1. The highest BCUT2D eigenvalue weighted by atomic mass is 16.5. The number of aromatic nitrogens is 1. The molecule has 0 spiro atoms. The SMILES string of the molecule is CN1CCCN(c2ccc(CNC(=O)NC[C@@H]3CCOC3)cn2)CC1. The van der Waals surface area contributed by atoms with Crippen molar-refractivity contribution >= 4 is 11.8 Å². The van der Waals surface area contributed by atoms with Gasteiger partial charge in [0.15, 0.2) is 0 Å². The van der Waals surface area contributed by atoms with Crippen molar-refractivity contribution in [3.63, 3.8) is 0 Å². The van der Waals surface area contributed by atoms with E-state index in [1.54, 1.807) is 0 Å². The van der Waals surface area contributed by atoms with Gasteiger partial charge in [0.1, 0.15) is 5.82 Å². The van der Waals surface area contributed by atoms with Crippen LogP contribution in [-0.2, 0) is 11.3 Å². The molecule has 0 unspecified atom stereocenters. The van der Waals surface area contributed by atoms with Gasteiger partial charge in [-0.25, -0.2) is 9.78 Å². The van der Waals surface area contributed by atoms with Crippen molar-refractivity contribution in [3.8, 4) is 0 Å². The molecule has 2 saturated heterocycles. The van der Waals surface area contributed by atoms with Crippen LogP contribution in [0.3, 0.4) is 0 Å². The summed E-state index contributed by atoms with van der Waals surface area (Å²) in [5.41, 5.74) is 1.01. The van der Waals surface area contributed by atoms with Gasteiger partial charge in [-0.2, -0.15) is 0 Å². The third kappa shape index (κ3) is 5.57. The molecule has 2 amide bonds. The van der Waals surface area contributed by atoms with Crippen LogP contribution >= 0.6 is 0 Å². The van der Waals surface area contributed by atoms with Crippen molar-refractivity contribution in [2.24, 2.45) is 5.92 Å². The molecule has 0 aliphatic carbocycles. The number of rotatable bonds is 5. The van der Waals surface area contributed by atoms with Crippen LogP contribution in [0.4, 0.5) is 10.6 Å². The van der Waals surface area contributed by atoms with Crippen LogP contribution < -0.4 is 15.5 Å². The maximum atomic E-state index is 11.9. The standard InChI is InChI=1S/C18H29N5O2/c1-22-6-2-7-23(9-8-22)17-4-3-15(11-19-17)12-20-18(24)21-13-16-5-10-25-14-16/h3-4,11,16H,2,5-10,12-14H2,1H3,(H2,20,21,24)/t16-/m0/s1. The van der Waals surface area contributed by atoms with Crippen molar-refractivity contribution in [3.05, 3.63) is 23.9 Å². The minimum absolute atomic E-state index is 0.133. The first-order valence-electron chi connectivity index (χ1n) is 9.18. The van der Waals surface area contributed by atoms with Crippen molar-refractivity contribution in [2.45, 2.75) is 19.4 Å². The fraction of sp³-hybridized carbons (Fsp3) is 0.667. The van der Waals surface area contributed by atoms with E-state index in [1.165, 1.54) is 0 Å². The number of nitrogens with one attached hydrogen (secondary N) is 2. The van der Waals surface area contributed by atoms with Gasteiger partial charge >= 0.3 is 6.03 Å². The largest absolute Gasteiger partial charge is 0.381 e. The third-order valence-electron chi connectivity index (χ3n) is 4.88. The summed E-state index contributed by atoms with van der Waals surface area (Å²) in [7, 11) is 2.16. The van der Waals surface area contributed by atoms with Crippen LogP contribution in [0.15, 0.2) is 18.3 Å². The number of anilines is 1. The van der Waals surface area contributed by atoms with Crippen molar-refractivity contribution in [2.75, 3.05) is 57.9 Å². The molecule has 7 nitrogen and oxygen atoms in total. The molecular formula is C18H29N5O2. The quantitative estimate of drug-likeness (QED) is 0.833. The number of hydrogen-bond donors (Lipinski definition) is 2. The summed E-state index contributed by atoms with van der Waals surface area (Å²) in [6.07, 6.45) is 4.04. The molecule has 2 aliphatic rings. The minimum Gasteiger partial charge on any atom is -0.381 e. The first kappa shape index (κ1) is 17.9. The molecule has 2 fully saturated rings. The van der Waals surface area contributed by atoms with E-state index >= 15 is 0 Å². The van der Waals surface area contributed by atoms with E-state index in [2.05, 4.69) is 38.5 Å². The predicted molar refractivity (Wildman–Crippen MR) is 97.7 cm³/mol. The Hall–Kier alpha value is -1.86. The average molecular weight is 347 g/mol. The van der Waals surface area contributed by atoms with Gasteiger partial charge in [0, 0.05) is 51.4 Å². The van der Waals surface area contributed by atoms with Gasteiger partial charge in [0.05, 0.1) is 6.61 Å². The monoisotopic (exact) mass is 347 g/mol. The molecule has 2 aliphatic heterocycles. The molecule has 3 rings (SSSR count). The Morgan fingerprint density at radius 3 is 2.96 bits per heavy atom. The van der Waals surface area contributed by atoms with Gasteiger partial charge in [-0.1, -0.05) is 6.07 Å². The van der Waals surface area contributed by atoms with Crippen molar-refractivity contribution in [1.29, 1.82) is 0 Å². The number of urea groups is 1. The number of carbonyl (C=O) groups excluding carboxylic acids is 1. The van der Waals surface area contributed by atoms with E-state index in [0.29, 0.717) is 19.0 Å². The zero-order valence-electron chi connectivity index (χ0n) is 15.0. The molecular weight excluding hydrogens is 318 g/mol. The molecule has 0 aromatic carbocycles. The zero-order valence-corrected chi connectivity index (χ0v) is 15.0. The smallest absolute Gasteiger partial charge is 0.315 e. The predicted octanol–water partition coefficient (Wildman–Crippen LogP) is 1.06. The van der Waals surface area contributed by atoms with Gasteiger partial charge in [-0.05, 0) is 38.1 Å². The molecule has 7 heteroatoms. The molecule has 25 heavy (non-hydrogen) atoms. The lowest BCUT2D eigenvalue weighted by atomic mass is 10.1. The number of hydrogen-bond acceptors (Lipinski definition) is 5. The molecule has 1 atom stereocenters. The Bertz CT molecular complexity index is 545. The van der Waals surface area contributed by atoms with Crippen LogP contribution in [0.1, 0.15) is 18.4 Å². The first-order chi connectivity index (χ1) is 12.2. The fourth-order valence-corrected chi connectivity index (χ4v) is 3.21. The van der Waals surface area contributed by atoms with E-state index in [9.17, 15) is 4.79 Å². The Morgan fingerprint density at radius 1 is 1.28 bits per heavy atom. The van der Waals surface area contributed by atoms with Crippen LogP contribution in [0.5, 0.6) is 0 Å². The Morgan fingerprint density at radius 2 is 2.20 bits per heavy atom. The van der Waals surface area contributed by atoms with Gasteiger partial charge < -0.3 is 25.2 Å². The van der Waals surface area contributed by atoms with E-state index in [-0.39, 0.29) is 6.03 Å². The molecule has 138 valence electrons. The van der Waals surface area contributed by atoms with Gasteiger partial charge in [-0.3, -0.25) is 0 Å². The molecule has 0 radical (unpaired) electrons. The maximum Gasteiger partial charge on any atom is 0.315 e. The second kappa shape index (κ2) is 9.01. The minimum atomic E-state index is -0.133. The van der Waals surface area contributed by atoms with Crippen molar-refractivity contribution in [1.82, 2.24) is 20.5 Å². The topological polar surface area (TPSA) is 69.7 Å². The first-order valence-corrected chi connectivity index (χ1v) is 9.18. The second-order valence-corrected chi connectivity index (χ2v) is 6.96. The number of amides is 2. The highest BCUT2D eigenvalue weighted by Crippen LogP contribution is 2.14. The number of ether oxygens (including phenoxy) is 1. The Balaban J connectivity index is 1.41. The van der Waals surface area contributed by atoms with Crippen molar-refractivity contribution < 1.29 is 9.53 Å². The van der Waals surface area contributed by atoms with Gasteiger partial charge in [-0.15, -0.1) is 0 Å². The molecule has 1 aromatic heterocycles. The second-order valence-electron chi connectivity index (χ2n) is 6.96. The fourth-order valence-electron chi connectivity index (χ4n) is 3.21. The summed E-state index contributed by atoms with van der Waals surface area (Å²) in [5, 5.41) is 5.79. The highest BCUT2D eigenvalue weighted by Gasteiger charge is 2.16. The summed E-state index contributed by atoms with van der Waals surface area (Å²) in [6.45, 7) is 6.97. The highest BCUT2D eigenvalue weighted by molar-refractivity contribution is 5.73. The number of nitrogens with zero attached hydrogens (tertiary/aromatic N) is 3. The lowest BCUT2D eigenvalue weighted by molar-refractivity contribution is 0.185. The lowest BCUT2D eigenvalue weighted by Crippen LogP contribution is -2.38. The molecule has 2 N–H and O–H groups in total. The molecule has 3 heterocycles. The molecule has 0 bridgehead atoms. The van der Waals surface area contributed by atoms with E-state index in [4.69, 9.17) is 4.74 Å².